The van der Waals surface area contributed by atoms with Gasteiger partial charge in [0.25, 0.3) is 0 Å². The zero-order valence-corrected chi connectivity index (χ0v) is 38.3. The number of benzene rings is 13. The molecule has 0 aliphatic rings. The van der Waals surface area contributed by atoms with Crippen LogP contribution in [0.1, 0.15) is 0 Å². The Labute approximate surface area is 406 Å². The summed E-state index contributed by atoms with van der Waals surface area (Å²) in [4.78, 5) is 2.42. The van der Waals surface area contributed by atoms with Gasteiger partial charge in [-0.15, -0.1) is 0 Å². The molecule has 0 amide bonds. The molecule has 326 valence electrons. The summed E-state index contributed by atoms with van der Waals surface area (Å²) in [5, 5.41) is 15.0. The molecule has 2 nitrogen and oxygen atoms in total. The second kappa shape index (κ2) is 16.2. The molecular weight excluding hydrogens is 845 g/mol. The van der Waals surface area contributed by atoms with Crippen LogP contribution in [0.2, 0.25) is 0 Å². The normalized spacial score (nSPS) is 11.7. The van der Waals surface area contributed by atoms with Crippen LogP contribution in [0.4, 0.5) is 17.1 Å². The highest BCUT2D eigenvalue weighted by molar-refractivity contribution is 6.23. The lowest BCUT2D eigenvalue weighted by Crippen LogP contribution is -2.10. The smallest absolute Gasteiger partial charge is 0.0553 e. The van der Waals surface area contributed by atoms with Crippen LogP contribution in [0, 0.1) is 0 Å². The molecule has 0 saturated heterocycles. The maximum Gasteiger partial charge on any atom is 0.0553 e. The van der Waals surface area contributed by atoms with E-state index in [2.05, 4.69) is 276 Å². The van der Waals surface area contributed by atoms with Crippen molar-refractivity contribution in [2.45, 2.75) is 0 Å². The molecule has 0 radical (unpaired) electrons. The van der Waals surface area contributed by atoms with Crippen molar-refractivity contribution in [2.24, 2.45) is 0 Å². The van der Waals surface area contributed by atoms with Gasteiger partial charge in [-0.2, -0.15) is 0 Å². The Hall–Kier alpha value is -9.24. The number of fused-ring (bicyclic) bond motifs is 10. The molecule has 0 bridgehead atoms. The van der Waals surface area contributed by atoms with Crippen LogP contribution in [0.15, 0.2) is 267 Å². The Morgan fingerprint density at radius 3 is 1.29 bits per heavy atom. The molecule has 1 heterocycles. The third kappa shape index (κ3) is 6.42. The fraction of sp³-hybridized carbons (Fsp3) is 0. The molecule has 0 unspecified atom stereocenters. The first-order chi connectivity index (χ1) is 34.7. The summed E-state index contributed by atoms with van der Waals surface area (Å²) in [6.45, 7) is 0. The molecule has 70 heavy (non-hydrogen) atoms. The van der Waals surface area contributed by atoms with Crippen molar-refractivity contribution in [2.75, 3.05) is 4.90 Å². The molecule has 0 aliphatic heterocycles. The average Bonchev–Trinajstić information content (AvgIpc) is 3.76. The fourth-order valence-electron chi connectivity index (χ4n) is 11.4. The van der Waals surface area contributed by atoms with Gasteiger partial charge in [0.15, 0.2) is 0 Å². The molecular formula is C68H44N2. The van der Waals surface area contributed by atoms with Crippen LogP contribution in [0.25, 0.3) is 115 Å². The molecule has 14 rings (SSSR count). The maximum atomic E-state index is 2.43. The summed E-state index contributed by atoms with van der Waals surface area (Å²) in [5.74, 6) is 0. The molecule has 0 fully saturated rings. The number of nitrogens with zero attached hydrogens (tertiary/aromatic N) is 2. The molecule has 0 atom stereocenters. The van der Waals surface area contributed by atoms with Gasteiger partial charge in [-0.25, -0.2) is 0 Å². The molecule has 1 aromatic heterocycles. The molecule has 2 heteroatoms. The lowest BCUT2D eigenvalue weighted by atomic mass is 9.92. The number of hydrogen-bond donors (Lipinski definition) is 0. The van der Waals surface area contributed by atoms with Crippen LogP contribution in [0.5, 0.6) is 0 Å². The monoisotopic (exact) mass is 888 g/mol. The fourth-order valence-corrected chi connectivity index (χ4v) is 11.4. The van der Waals surface area contributed by atoms with Gasteiger partial charge in [-0.3, -0.25) is 0 Å². The number of rotatable bonds is 7. The number of para-hydroxylation sites is 2. The van der Waals surface area contributed by atoms with Gasteiger partial charge in [0, 0.05) is 33.5 Å². The highest BCUT2D eigenvalue weighted by atomic mass is 15.1. The molecule has 14 aromatic rings. The van der Waals surface area contributed by atoms with Crippen molar-refractivity contribution in [1.29, 1.82) is 0 Å². The number of anilines is 3. The van der Waals surface area contributed by atoms with E-state index in [0.29, 0.717) is 0 Å². The van der Waals surface area contributed by atoms with Gasteiger partial charge >= 0.3 is 0 Å². The van der Waals surface area contributed by atoms with Gasteiger partial charge in [0.1, 0.15) is 0 Å². The standard InChI is InChI=1S/C68H44N2/c1-2-21-51(22-3-1)70-65-32-15-14-31-62(65)68-66(70)44-49-19-6-9-26-57(49)67(68)50-20-16-23-54(41-50)69(52-37-33-45(34-38-52)63-42-47-17-4-7-24-55(47)58-27-10-12-29-60(58)63)53-39-35-46(36-40-53)64-43-48-18-5-8-25-56(48)59-28-11-13-30-61(59)64/h1-44H. The third-order valence-corrected chi connectivity index (χ3v) is 14.5. The number of hydrogen-bond acceptors (Lipinski definition) is 1. The van der Waals surface area contributed by atoms with E-state index in [9.17, 15) is 0 Å². The van der Waals surface area contributed by atoms with Crippen molar-refractivity contribution < 1.29 is 0 Å². The second-order valence-electron chi connectivity index (χ2n) is 18.4. The average molecular weight is 889 g/mol. The van der Waals surface area contributed by atoms with Crippen molar-refractivity contribution >= 4 is 92.7 Å². The Balaban J connectivity index is 0.964. The van der Waals surface area contributed by atoms with Gasteiger partial charge < -0.3 is 9.47 Å². The predicted molar refractivity (Wildman–Crippen MR) is 299 cm³/mol. The lowest BCUT2D eigenvalue weighted by molar-refractivity contribution is 1.18. The van der Waals surface area contributed by atoms with Crippen LogP contribution < -0.4 is 4.90 Å². The first-order valence-corrected chi connectivity index (χ1v) is 24.2. The van der Waals surface area contributed by atoms with Gasteiger partial charge in [0.05, 0.1) is 11.0 Å². The topological polar surface area (TPSA) is 8.17 Å². The Bertz CT molecular complexity index is 4170. The first-order valence-electron chi connectivity index (χ1n) is 24.2. The highest BCUT2D eigenvalue weighted by Crippen LogP contribution is 2.46. The third-order valence-electron chi connectivity index (χ3n) is 14.5. The van der Waals surface area contributed by atoms with Gasteiger partial charge in [-0.1, -0.05) is 194 Å². The minimum Gasteiger partial charge on any atom is -0.310 e. The largest absolute Gasteiger partial charge is 0.310 e. The summed E-state index contributed by atoms with van der Waals surface area (Å²) in [6.07, 6.45) is 0. The zero-order chi connectivity index (χ0) is 46.1. The molecule has 13 aromatic carbocycles. The van der Waals surface area contributed by atoms with E-state index in [4.69, 9.17) is 0 Å². The van der Waals surface area contributed by atoms with E-state index in [1.807, 2.05) is 0 Å². The van der Waals surface area contributed by atoms with Crippen molar-refractivity contribution in [3.63, 3.8) is 0 Å². The SMILES string of the molecule is c1ccc(-n2c3ccccc3c3c(-c4cccc(N(c5ccc(-c6cc7ccccc7c7ccccc67)cc5)c5ccc(-c6cc7ccccc7c7ccccc67)cc5)c4)c4ccccc4cc32)cc1. The molecule has 0 spiro atoms. The van der Waals surface area contributed by atoms with E-state index < -0.39 is 0 Å². The van der Waals surface area contributed by atoms with Crippen molar-refractivity contribution in [3.05, 3.63) is 267 Å². The summed E-state index contributed by atoms with van der Waals surface area (Å²) in [5.41, 5.74) is 14.0. The van der Waals surface area contributed by atoms with Gasteiger partial charge in [0.2, 0.25) is 0 Å². The minimum absolute atomic E-state index is 1.08. The maximum absolute atomic E-state index is 2.43. The molecule has 0 saturated carbocycles. The second-order valence-corrected chi connectivity index (χ2v) is 18.4. The molecule has 0 N–H and O–H groups in total. The van der Waals surface area contributed by atoms with E-state index >= 15 is 0 Å². The highest BCUT2D eigenvalue weighted by Gasteiger charge is 2.21. The van der Waals surface area contributed by atoms with E-state index in [0.717, 1.165) is 22.7 Å². The summed E-state index contributed by atoms with van der Waals surface area (Å²) < 4.78 is 2.43. The molecule has 0 aliphatic carbocycles. The van der Waals surface area contributed by atoms with Crippen LogP contribution in [-0.2, 0) is 0 Å². The Morgan fingerprint density at radius 1 is 0.257 bits per heavy atom. The quantitative estimate of drug-likeness (QED) is 0.145. The van der Waals surface area contributed by atoms with Crippen LogP contribution in [0.3, 0.4) is 0 Å². The Kier molecular flexibility index (Phi) is 9.25. The zero-order valence-electron chi connectivity index (χ0n) is 38.3. The van der Waals surface area contributed by atoms with Crippen LogP contribution >= 0.6 is 0 Å². The number of aromatic nitrogens is 1. The van der Waals surface area contributed by atoms with E-state index in [1.165, 1.54) is 109 Å². The Morgan fingerprint density at radius 2 is 0.714 bits per heavy atom. The van der Waals surface area contributed by atoms with Crippen molar-refractivity contribution in [1.82, 2.24) is 4.57 Å². The van der Waals surface area contributed by atoms with Crippen LogP contribution in [-0.4, -0.2) is 4.57 Å². The van der Waals surface area contributed by atoms with Gasteiger partial charge in [-0.05, 0) is 160 Å². The van der Waals surface area contributed by atoms with E-state index in [1.54, 1.807) is 0 Å². The lowest BCUT2D eigenvalue weighted by Gasteiger charge is -2.27. The minimum atomic E-state index is 1.08. The first kappa shape index (κ1) is 39.9. The summed E-state index contributed by atoms with van der Waals surface area (Å²) in [7, 11) is 0. The van der Waals surface area contributed by atoms with E-state index in [-0.39, 0.29) is 0 Å². The predicted octanol–water partition coefficient (Wildman–Crippen LogP) is 19.0. The summed E-state index contributed by atoms with van der Waals surface area (Å²) in [6, 6.07) is 98.1. The summed E-state index contributed by atoms with van der Waals surface area (Å²) >= 11 is 0. The van der Waals surface area contributed by atoms with Crippen molar-refractivity contribution in [3.8, 4) is 39.1 Å².